The summed E-state index contributed by atoms with van der Waals surface area (Å²) in [5, 5.41) is 3.53. The predicted molar refractivity (Wildman–Crippen MR) is 107 cm³/mol. The van der Waals surface area contributed by atoms with Crippen LogP contribution in [0.4, 0.5) is 0 Å². The third kappa shape index (κ3) is 5.04. The van der Waals surface area contributed by atoms with Gasteiger partial charge in [-0.1, -0.05) is 36.4 Å². The minimum absolute atomic E-state index is 0.852. The molecular formula is C22H26N4O. The zero-order chi connectivity index (χ0) is 18.3. The third-order valence-corrected chi connectivity index (χ3v) is 4.93. The molecule has 3 aromatic rings. The number of benzene rings is 2. The van der Waals surface area contributed by atoms with Crippen LogP contribution in [0.1, 0.15) is 16.7 Å². The first-order valence-electron chi connectivity index (χ1n) is 9.53. The van der Waals surface area contributed by atoms with Gasteiger partial charge in [-0.15, -0.1) is 0 Å². The van der Waals surface area contributed by atoms with Crippen LogP contribution in [0.25, 0.3) is 5.69 Å². The van der Waals surface area contributed by atoms with Crippen LogP contribution < -0.4 is 5.32 Å². The van der Waals surface area contributed by atoms with Crippen molar-refractivity contribution < 1.29 is 4.74 Å². The molecule has 0 aliphatic carbocycles. The molecule has 1 aliphatic rings. The Kier molecular flexibility index (Phi) is 5.94. The van der Waals surface area contributed by atoms with Crippen molar-refractivity contribution in [2.24, 2.45) is 0 Å². The smallest absolute Gasteiger partial charge is 0.0991 e. The number of aromatic nitrogens is 2. The van der Waals surface area contributed by atoms with E-state index in [9.17, 15) is 0 Å². The van der Waals surface area contributed by atoms with Gasteiger partial charge in [-0.05, 0) is 28.8 Å². The molecule has 0 atom stereocenters. The first-order chi connectivity index (χ1) is 13.4. The van der Waals surface area contributed by atoms with Gasteiger partial charge < -0.3 is 14.6 Å². The third-order valence-electron chi connectivity index (χ3n) is 4.93. The van der Waals surface area contributed by atoms with Gasteiger partial charge >= 0.3 is 0 Å². The molecule has 2 heterocycles. The molecule has 1 saturated heterocycles. The zero-order valence-corrected chi connectivity index (χ0v) is 15.6. The number of imidazole rings is 1. The summed E-state index contributed by atoms with van der Waals surface area (Å²) in [6.07, 6.45) is 5.56. The summed E-state index contributed by atoms with van der Waals surface area (Å²) in [4.78, 5) is 6.53. The van der Waals surface area contributed by atoms with Crippen molar-refractivity contribution in [2.75, 3.05) is 26.3 Å². The van der Waals surface area contributed by atoms with Gasteiger partial charge in [0.15, 0.2) is 0 Å². The van der Waals surface area contributed by atoms with Crippen LogP contribution in [0.2, 0.25) is 0 Å². The number of nitrogens with zero attached hydrogens (tertiary/aromatic N) is 3. The highest BCUT2D eigenvalue weighted by Gasteiger charge is 2.10. The lowest BCUT2D eigenvalue weighted by Crippen LogP contribution is -2.35. The number of hydrogen-bond acceptors (Lipinski definition) is 4. The molecule has 0 saturated carbocycles. The lowest BCUT2D eigenvalue weighted by Gasteiger charge is -2.26. The average Bonchev–Trinajstić information content (AvgIpc) is 3.26. The van der Waals surface area contributed by atoms with E-state index < -0.39 is 0 Å². The minimum Gasteiger partial charge on any atom is -0.379 e. The molecule has 0 radical (unpaired) electrons. The fraction of sp³-hybridized carbons (Fsp3) is 0.318. The normalized spacial score (nSPS) is 15.1. The Bertz CT molecular complexity index is 807. The molecule has 0 bridgehead atoms. The molecule has 4 rings (SSSR count). The predicted octanol–water partition coefficient (Wildman–Crippen LogP) is 2.99. The van der Waals surface area contributed by atoms with E-state index in [0.29, 0.717) is 0 Å². The van der Waals surface area contributed by atoms with E-state index in [0.717, 1.165) is 51.6 Å². The standard InChI is InChI=1S/C22H26N4O/c1-3-21(17-25-11-13-27-14-12-25)4-2-19(1)15-24-16-20-5-7-22(8-6-20)26-10-9-23-18-26/h1-10,18,24H,11-17H2. The lowest BCUT2D eigenvalue weighted by atomic mass is 10.1. The molecule has 2 aromatic carbocycles. The topological polar surface area (TPSA) is 42.3 Å². The maximum absolute atomic E-state index is 5.41. The maximum Gasteiger partial charge on any atom is 0.0991 e. The Morgan fingerprint density at radius 1 is 0.852 bits per heavy atom. The Morgan fingerprint density at radius 3 is 2.11 bits per heavy atom. The molecular weight excluding hydrogens is 336 g/mol. The number of ether oxygens (including phenoxy) is 1. The van der Waals surface area contributed by atoms with Crippen molar-refractivity contribution in [3.8, 4) is 5.69 Å². The summed E-state index contributed by atoms with van der Waals surface area (Å²) >= 11 is 0. The van der Waals surface area contributed by atoms with E-state index in [2.05, 4.69) is 63.7 Å². The van der Waals surface area contributed by atoms with Crippen molar-refractivity contribution in [3.05, 3.63) is 83.9 Å². The first-order valence-corrected chi connectivity index (χ1v) is 9.53. The second-order valence-corrected chi connectivity index (χ2v) is 6.94. The molecule has 140 valence electrons. The second kappa shape index (κ2) is 8.95. The van der Waals surface area contributed by atoms with Crippen molar-refractivity contribution in [1.82, 2.24) is 19.8 Å². The Morgan fingerprint density at radius 2 is 1.48 bits per heavy atom. The molecule has 5 nitrogen and oxygen atoms in total. The van der Waals surface area contributed by atoms with Crippen LogP contribution in [0.5, 0.6) is 0 Å². The highest BCUT2D eigenvalue weighted by molar-refractivity contribution is 5.34. The molecule has 1 aromatic heterocycles. The number of hydrogen-bond donors (Lipinski definition) is 1. The largest absolute Gasteiger partial charge is 0.379 e. The lowest BCUT2D eigenvalue weighted by molar-refractivity contribution is 0.0342. The van der Waals surface area contributed by atoms with Crippen molar-refractivity contribution >= 4 is 0 Å². The Balaban J connectivity index is 1.24. The van der Waals surface area contributed by atoms with Gasteiger partial charge in [0.25, 0.3) is 0 Å². The Labute approximate surface area is 160 Å². The summed E-state index contributed by atoms with van der Waals surface area (Å²) < 4.78 is 7.42. The van der Waals surface area contributed by atoms with Crippen LogP contribution in [0.15, 0.2) is 67.3 Å². The number of morpholine rings is 1. The molecule has 1 fully saturated rings. The van der Waals surface area contributed by atoms with Gasteiger partial charge in [0.05, 0.1) is 19.5 Å². The molecule has 1 aliphatic heterocycles. The summed E-state index contributed by atoms with van der Waals surface area (Å²) in [6, 6.07) is 17.5. The van der Waals surface area contributed by atoms with Crippen molar-refractivity contribution in [3.63, 3.8) is 0 Å². The number of rotatable bonds is 7. The van der Waals surface area contributed by atoms with E-state index in [1.807, 2.05) is 17.1 Å². The molecule has 1 N–H and O–H groups in total. The second-order valence-electron chi connectivity index (χ2n) is 6.94. The van der Waals surface area contributed by atoms with Gasteiger partial charge in [0.2, 0.25) is 0 Å². The van der Waals surface area contributed by atoms with Crippen LogP contribution in [-0.4, -0.2) is 40.8 Å². The summed E-state index contributed by atoms with van der Waals surface area (Å²) in [5.41, 5.74) is 5.10. The molecule has 0 amide bonds. The highest BCUT2D eigenvalue weighted by Crippen LogP contribution is 2.11. The summed E-state index contributed by atoms with van der Waals surface area (Å²) in [5.74, 6) is 0. The first kappa shape index (κ1) is 17.9. The fourth-order valence-electron chi connectivity index (χ4n) is 3.33. The van der Waals surface area contributed by atoms with Crippen LogP contribution in [0.3, 0.4) is 0 Å². The van der Waals surface area contributed by atoms with Gasteiger partial charge in [-0.3, -0.25) is 4.90 Å². The van der Waals surface area contributed by atoms with E-state index >= 15 is 0 Å². The van der Waals surface area contributed by atoms with Crippen molar-refractivity contribution in [1.29, 1.82) is 0 Å². The average molecular weight is 362 g/mol. The van der Waals surface area contributed by atoms with Crippen LogP contribution >= 0.6 is 0 Å². The molecule has 0 unspecified atom stereocenters. The van der Waals surface area contributed by atoms with E-state index in [4.69, 9.17) is 4.74 Å². The van der Waals surface area contributed by atoms with E-state index in [1.165, 1.54) is 16.7 Å². The number of nitrogens with one attached hydrogen (secondary N) is 1. The highest BCUT2D eigenvalue weighted by atomic mass is 16.5. The van der Waals surface area contributed by atoms with Crippen molar-refractivity contribution in [2.45, 2.75) is 19.6 Å². The van der Waals surface area contributed by atoms with Gasteiger partial charge in [0, 0.05) is 50.8 Å². The molecule has 5 heteroatoms. The quantitative estimate of drug-likeness (QED) is 0.702. The summed E-state index contributed by atoms with van der Waals surface area (Å²) in [6.45, 7) is 6.52. The van der Waals surface area contributed by atoms with Crippen LogP contribution in [0, 0.1) is 0 Å². The fourth-order valence-corrected chi connectivity index (χ4v) is 3.33. The maximum atomic E-state index is 5.41. The SMILES string of the molecule is c1cn(-c2ccc(CNCc3ccc(CN4CCOCC4)cc3)cc2)cn1. The minimum atomic E-state index is 0.852. The zero-order valence-electron chi connectivity index (χ0n) is 15.6. The van der Waals surface area contributed by atoms with Gasteiger partial charge in [-0.2, -0.15) is 0 Å². The van der Waals surface area contributed by atoms with E-state index in [-0.39, 0.29) is 0 Å². The Hall–Kier alpha value is -2.47. The van der Waals surface area contributed by atoms with Crippen LogP contribution in [-0.2, 0) is 24.4 Å². The van der Waals surface area contributed by atoms with Gasteiger partial charge in [0.1, 0.15) is 0 Å². The monoisotopic (exact) mass is 362 g/mol. The molecule has 27 heavy (non-hydrogen) atoms. The summed E-state index contributed by atoms with van der Waals surface area (Å²) in [7, 11) is 0. The van der Waals surface area contributed by atoms with E-state index in [1.54, 1.807) is 6.20 Å². The molecule has 0 spiro atoms. The van der Waals surface area contributed by atoms with Gasteiger partial charge in [-0.25, -0.2) is 4.98 Å².